The summed E-state index contributed by atoms with van der Waals surface area (Å²) < 4.78 is 17.1. The third-order valence-electron chi connectivity index (χ3n) is 1.84. The highest BCUT2D eigenvalue weighted by molar-refractivity contribution is 6.31. The summed E-state index contributed by atoms with van der Waals surface area (Å²) in [4.78, 5) is 11.2. The molecule has 0 bridgehead atoms. The summed E-state index contributed by atoms with van der Waals surface area (Å²) in [6.45, 7) is 0. The van der Waals surface area contributed by atoms with Gasteiger partial charge in [0.1, 0.15) is 5.82 Å². The fraction of sp³-hybridized carbons (Fsp3) is 0.200. The second-order valence-corrected chi connectivity index (χ2v) is 3.16. The first-order valence-corrected chi connectivity index (χ1v) is 4.40. The Labute approximate surface area is 91.0 Å². The maximum Gasteiger partial charge on any atom is 0.327 e. The van der Waals surface area contributed by atoms with Crippen LogP contribution < -0.4 is 0 Å². The van der Waals surface area contributed by atoms with E-state index in [-0.39, 0.29) is 10.6 Å². The van der Waals surface area contributed by atoms with Crippen molar-refractivity contribution in [3.8, 4) is 6.07 Å². The van der Waals surface area contributed by atoms with Crippen molar-refractivity contribution in [1.29, 1.82) is 5.26 Å². The fourth-order valence-corrected chi connectivity index (χ4v) is 1.38. The standard InChI is InChI=1S/C10H7ClFNO2/c1-15-10(14)8(5-13)7-3-2-6(12)4-9(7)11/h2-4,8H,1H3. The number of carbonyl (C=O) groups excluding carboxylic acids is 1. The number of nitrogens with zero attached hydrogens (tertiary/aromatic N) is 1. The summed E-state index contributed by atoms with van der Waals surface area (Å²) in [5.41, 5.74) is 0.243. The summed E-state index contributed by atoms with van der Waals surface area (Å²) in [5, 5.41) is 8.81. The highest BCUT2D eigenvalue weighted by atomic mass is 35.5. The number of carbonyl (C=O) groups is 1. The molecule has 1 aromatic rings. The zero-order chi connectivity index (χ0) is 11.4. The van der Waals surface area contributed by atoms with E-state index in [4.69, 9.17) is 16.9 Å². The predicted molar refractivity (Wildman–Crippen MR) is 51.8 cm³/mol. The highest BCUT2D eigenvalue weighted by Crippen LogP contribution is 2.25. The van der Waals surface area contributed by atoms with Crippen molar-refractivity contribution in [3.63, 3.8) is 0 Å². The van der Waals surface area contributed by atoms with Gasteiger partial charge in [-0.25, -0.2) is 4.39 Å². The Morgan fingerprint density at radius 2 is 2.33 bits per heavy atom. The number of esters is 1. The van der Waals surface area contributed by atoms with Crippen molar-refractivity contribution >= 4 is 17.6 Å². The van der Waals surface area contributed by atoms with Crippen LogP contribution in [0.2, 0.25) is 5.02 Å². The Balaban J connectivity index is 3.14. The molecule has 1 atom stereocenters. The molecule has 0 aliphatic rings. The van der Waals surface area contributed by atoms with Crippen LogP contribution in [-0.4, -0.2) is 13.1 Å². The van der Waals surface area contributed by atoms with E-state index in [2.05, 4.69) is 4.74 Å². The van der Waals surface area contributed by atoms with Gasteiger partial charge >= 0.3 is 5.97 Å². The van der Waals surface area contributed by atoms with Gasteiger partial charge < -0.3 is 4.74 Å². The van der Waals surface area contributed by atoms with E-state index in [0.29, 0.717) is 0 Å². The molecule has 3 nitrogen and oxygen atoms in total. The van der Waals surface area contributed by atoms with E-state index in [1.165, 1.54) is 13.2 Å². The predicted octanol–water partition coefficient (Wildman–Crippen LogP) is 2.26. The zero-order valence-electron chi connectivity index (χ0n) is 7.83. The van der Waals surface area contributed by atoms with Crippen molar-refractivity contribution in [2.75, 3.05) is 7.11 Å². The molecule has 0 fully saturated rings. The zero-order valence-corrected chi connectivity index (χ0v) is 8.58. The van der Waals surface area contributed by atoms with Gasteiger partial charge in [-0.2, -0.15) is 5.26 Å². The van der Waals surface area contributed by atoms with Gasteiger partial charge in [-0.3, -0.25) is 4.79 Å². The Morgan fingerprint density at radius 1 is 1.67 bits per heavy atom. The Kier molecular flexibility index (Phi) is 3.64. The molecule has 0 heterocycles. The third-order valence-corrected chi connectivity index (χ3v) is 2.17. The van der Waals surface area contributed by atoms with Gasteiger partial charge in [0.15, 0.2) is 5.92 Å². The van der Waals surface area contributed by atoms with E-state index < -0.39 is 17.7 Å². The summed E-state index contributed by atoms with van der Waals surface area (Å²) in [6, 6.07) is 5.22. The van der Waals surface area contributed by atoms with Crippen LogP contribution in [0.15, 0.2) is 18.2 Å². The van der Waals surface area contributed by atoms with Crippen molar-refractivity contribution in [1.82, 2.24) is 0 Å². The van der Waals surface area contributed by atoms with Crippen LogP contribution in [0.5, 0.6) is 0 Å². The maximum absolute atomic E-state index is 12.7. The second-order valence-electron chi connectivity index (χ2n) is 2.75. The number of rotatable bonds is 2. The quantitative estimate of drug-likeness (QED) is 0.729. The lowest BCUT2D eigenvalue weighted by molar-refractivity contribution is -0.140. The lowest BCUT2D eigenvalue weighted by Crippen LogP contribution is -2.12. The van der Waals surface area contributed by atoms with E-state index in [0.717, 1.165) is 12.1 Å². The molecule has 0 aliphatic carbocycles. The third kappa shape index (κ3) is 2.45. The Bertz CT molecular complexity index is 428. The van der Waals surface area contributed by atoms with Crippen LogP contribution >= 0.6 is 11.6 Å². The van der Waals surface area contributed by atoms with Crippen LogP contribution in [-0.2, 0) is 9.53 Å². The van der Waals surface area contributed by atoms with Crippen LogP contribution in [0.4, 0.5) is 4.39 Å². The lowest BCUT2D eigenvalue weighted by Gasteiger charge is -2.08. The molecule has 0 saturated carbocycles. The monoisotopic (exact) mass is 227 g/mol. The summed E-state index contributed by atoms with van der Waals surface area (Å²) in [5.74, 6) is -2.36. The summed E-state index contributed by atoms with van der Waals surface area (Å²) in [6.07, 6.45) is 0. The van der Waals surface area contributed by atoms with Crippen LogP contribution in [0.25, 0.3) is 0 Å². The Hall–Kier alpha value is -1.60. The molecular weight excluding hydrogens is 221 g/mol. The molecule has 0 amide bonds. The molecule has 1 rings (SSSR count). The minimum Gasteiger partial charge on any atom is -0.468 e. The second kappa shape index (κ2) is 4.76. The number of benzene rings is 1. The van der Waals surface area contributed by atoms with E-state index in [9.17, 15) is 9.18 Å². The molecule has 0 saturated heterocycles. The first kappa shape index (κ1) is 11.5. The molecule has 0 radical (unpaired) electrons. The van der Waals surface area contributed by atoms with Gasteiger partial charge in [0, 0.05) is 5.02 Å². The van der Waals surface area contributed by atoms with E-state index >= 15 is 0 Å². The molecule has 0 aromatic heterocycles. The molecule has 15 heavy (non-hydrogen) atoms. The smallest absolute Gasteiger partial charge is 0.327 e. The number of ether oxygens (including phenoxy) is 1. The fourth-order valence-electron chi connectivity index (χ4n) is 1.10. The number of methoxy groups -OCH3 is 1. The van der Waals surface area contributed by atoms with E-state index in [1.54, 1.807) is 6.07 Å². The maximum atomic E-state index is 12.7. The van der Waals surface area contributed by atoms with Crippen molar-refractivity contribution < 1.29 is 13.9 Å². The first-order valence-electron chi connectivity index (χ1n) is 4.02. The SMILES string of the molecule is COC(=O)C(C#N)c1ccc(F)cc1Cl. The number of hydrogen-bond acceptors (Lipinski definition) is 3. The van der Waals surface area contributed by atoms with Crippen LogP contribution in [0.3, 0.4) is 0 Å². The molecule has 0 spiro atoms. The number of halogens is 2. The number of hydrogen-bond donors (Lipinski definition) is 0. The van der Waals surface area contributed by atoms with Gasteiger partial charge in [0.25, 0.3) is 0 Å². The van der Waals surface area contributed by atoms with Crippen LogP contribution in [0, 0.1) is 17.1 Å². The van der Waals surface area contributed by atoms with Crippen molar-refractivity contribution in [2.45, 2.75) is 5.92 Å². The van der Waals surface area contributed by atoms with Gasteiger partial charge in [-0.15, -0.1) is 0 Å². The first-order chi connectivity index (χ1) is 7.10. The van der Waals surface area contributed by atoms with Gasteiger partial charge in [-0.05, 0) is 17.7 Å². The molecule has 1 unspecified atom stereocenters. The summed E-state index contributed by atoms with van der Waals surface area (Å²) in [7, 11) is 1.17. The van der Waals surface area contributed by atoms with Gasteiger partial charge in [0.05, 0.1) is 13.2 Å². The normalized spacial score (nSPS) is 11.6. The van der Waals surface area contributed by atoms with Gasteiger partial charge in [-0.1, -0.05) is 17.7 Å². The number of nitriles is 1. The minimum absolute atomic E-state index is 0.0342. The molecular formula is C10H7ClFNO2. The molecule has 5 heteroatoms. The average Bonchev–Trinajstić information content (AvgIpc) is 2.21. The Morgan fingerprint density at radius 3 is 2.80 bits per heavy atom. The highest BCUT2D eigenvalue weighted by Gasteiger charge is 2.23. The van der Waals surface area contributed by atoms with Crippen molar-refractivity contribution in [2.24, 2.45) is 0 Å². The molecule has 0 aliphatic heterocycles. The topological polar surface area (TPSA) is 50.1 Å². The van der Waals surface area contributed by atoms with E-state index in [1.807, 2.05) is 0 Å². The molecule has 78 valence electrons. The van der Waals surface area contributed by atoms with Crippen LogP contribution in [0.1, 0.15) is 11.5 Å². The molecule has 0 N–H and O–H groups in total. The molecule has 1 aromatic carbocycles. The largest absolute Gasteiger partial charge is 0.468 e. The summed E-state index contributed by atoms with van der Waals surface area (Å²) >= 11 is 5.71. The lowest BCUT2D eigenvalue weighted by atomic mass is 10.0. The van der Waals surface area contributed by atoms with Crippen molar-refractivity contribution in [3.05, 3.63) is 34.6 Å². The average molecular weight is 228 g/mol. The van der Waals surface area contributed by atoms with Gasteiger partial charge in [0.2, 0.25) is 0 Å². The minimum atomic E-state index is -1.12.